The summed E-state index contributed by atoms with van der Waals surface area (Å²) < 4.78 is 5.19. The summed E-state index contributed by atoms with van der Waals surface area (Å²) >= 11 is 5.91. The van der Waals surface area contributed by atoms with Crippen molar-refractivity contribution < 1.29 is 4.74 Å². The summed E-state index contributed by atoms with van der Waals surface area (Å²) in [5.74, 6) is 1.35. The summed E-state index contributed by atoms with van der Waals surface area (Å²) in [6.07, 6.45) is 4.01. The number of halogens is 1. The maximum Gasteiger partial charge on any atom is 0.176 e. The molecule has 0 bridgehead atoms. The van der Waals surface area contributed by atoms with Crippen LogP contribution in [-0.2, 0) is 6.42 Å². The molecule has 0 atom stereocenters. The zero-order valence-electron chi connectivity index (χ0n) is 9.72. The molecule has 1 aromatic rings. The van der Waals surface area contributed by atoms with Gasteiger partial charge in [-0.2, -0.15) is 0 Å². The molecule has 0 aliphatic carbocycles. The SMILES string of the molecule is COc1ccc2c(c1)N=C1N=C(Cl)C=CN=C1C2. The van der Waals surface area contributed by atoms with Crippen LogP contribution in [0.15, 0.2) is 45.5 Å². The Labute approximate surface area is 109 Å². The molecule has 0 unspecified atom stereocenters. The topological polar surface area (TPSA) is 46.3 Å². The Morgan fingerprint density at radius 3 is 3.00 bits per heavy atom. The van der Waals surface area contributed by atoms with Gasteiger partial charge in [-0.25, -0.2) is 9.98 Å². The summed E-state index contributed by atoms with van der Waals surface area (Å²) in [4.78, 5) is 13.0. The molecule has 0 saturated heterocycles. The van der Waals surface area contributed by atoms with Crippen LogP contribution in [0.25, 0.3) is 0 Å². The molecule has 18 heavy (non-hydrogen) atoms. The number of ether oxygens (including phenoxy) is 1. The van der Waals surface area contributed by atoms with Crippen molar-refractivity contribution in [3.8, 4) is 5.75 Å². The highest BCUT2D eigenvalue weighted by Crippen LogP contribution is 2.30. The standard InChI is InChI=1S/C13H10ClN3O/c1-18-9-3-2-8-6-11-13(16-10(8)7-9)17-12(14)4-5-15-11/h2-5,7H,6H2,1H3. The van der Waals surface area contributed by atoms with Gasteiger partial charge in [-0.15, -0.1) is 0 Å². The van der Waals surface area contributed by atoms with Crippen molar-refractivity contribution in [1.82, 2.24) is 0 Å². The van der Waals surface area contributed by atoms with E-state index in [0.29, 0.717) is 17.4 Å². The highest BCUT2D eigenvalue weighted by Gasteiger charge is 2.19. The Morgan fingerprint density at radius 2 is 2.17 bits per heavy atom. The van der Waals surface area contributed by atoms with E-state index in [1.54, 1.807) is 19.4 Å². The second-order valence-electron chi connectivity index (χ2n) is 3.93. The summed E-state index contributed by atoms with van der Waals surface area (Å²) in [6, 6.07) is 5.81. The van der Waals surface area contributed by atoms with E-state index in [9.17, 15) is 0 Å². The third-order valence-corrected chi connectivity index (χ3v) is 3.00. The first-order chi connectivity index (χ1) is 8.76. The Bertz CT molecular complexity index is 629. The van der Waals surface area contributed by atoms with Gasteiger partial charge < -0.3 is 4.74 Å². The number of nitrogens with zero attached hydrogens (tertiary/aromatic N) is 3. The van der Waals surface area contributed by atoms with Gasteiger partial charge in [0.15, 0.2) is 5.84 Å². The lowest BCUT2D eigenvalue weighted by atomic mass is 10.0. The van der Waals surface area contributed by atoms with Crippen LogP contribution in [0.4, 0.5) is 5.69 Å². The number of hydrogen-bond acceptors (Lipinski definition) is 4. The van der Waals surface area contributed by atoms with Gasteiger partial charge in [-0.05, 0) is 17.7 Å². The van der Waals surface area contributed by atoms with Crippen molar-refractivity contribution in [2.75, 3.05) is 7.11 Å². The Kier molecular flexibility index (Phi) is 2.72. The van der Waals surface area contributed by atoms with Crippen molar-refractivity contribution >= 4 is 34.0 Å². The molecule has 2 heterocycles. The van der Waals surface area contributed by atoms with Gasteiger partial charge >= 0.3 is 0 Å². The maximum absolute atomic E-state index is 5.91. The molecule has 0 amide bonds. The van der Waals surface area contributed by atoms with Gasteiger partial charge in [-0.3, -0.25) is 4.99 Å². The van der Waals surface area contributed by atoms with Crippen molar-refractivity contribution in [3.63, 3.8) is 0 Å². The van der Waals surface area contributed by atoms with Gasteiger partial charge in [0.25, 0.3) is 0 Å². The summed E-state index contributed by atoms with van der Waals surface area (Å²) in [7, 11) is 1.63. The first kappa shape index (κ1) is 11.2. The molecule has 4 nitrogen and oxygen atoms in total. The highest BCUT2D eigenvalue weighted by molar-refractivity contribution is 6.70. The highest BCUT2D eigenvalue weighted by atomic mass is 35.5. The molecule has 90 valence electrons. The minimum absolute atomic E-state index is 0.388. The van der Waals surface area contributed by atoms with Crippen molar-refractivity contribution in [1.29, 1.82) is 0 Å². The number of benzene rings is 1. The van der Waals surface area contributed by atoms with Gasteiger partial charge in [0.1, 0.15) is 10.9 Å². The monoisotopic (exact) mass is 259 g/mol. The molecular formula is C13H10ClN3O. The number of rotatable bonds is 1. The lowest BCUT2D eigenvalue weighted by molar-refractivity contribution is 0.415. The van der Waals surface area contributed by atoms with E-state index in [1.165, 1.54) is 0 Å². The lowest BCUT2D eigenvalue weighted by Gasteiger charge is -2.15. The number of methoxy groups -OCH3 is 1. The fourth-order valence-electron chi connectivity index (χ4n) is 1.88. The Hall–Kier alpha value is -1.94. The minimum Gasteiger partial charge on any atom is -0.497 e. The summed E-state index contributed by atoms with van der Waals surface area (Å²) in [5, 5.41) is 0.388. The molecule has 0 fully saturated rings. The fourth-order valence-corrected chi connectivity index (χ4v) is 2.02. The van der Waals surface area contributed by atoms with Crippen LogP contribution in [0, 0.1) is 0 Å². The Balaban J connectivity index is 2.12. The van der Waals surface area contributed by atoms with E-state index < -0.39 is 0 Å². The molecule has 1 aromatic carbocycles. The smallest absolute Gasteiger partial charge is 0.176 e. The Morgan fingerprint density at radius 1 is 1.28 bits per heavy atom. The molecular weight excluding hydrogens is 250 g/mol. The quantitative estimate of drug-likeness (QED) is 0.765. The molecule has 2 aliphatic rings. The number of aliphatic imine (C=N–C) groups is 3. The molecule has 3 rings (SSSR count). The molecule has 0 radical (unpaired) electrons. The second kappa shape index (κ2) is 4.38. The molecule has 5 heteroatoms. The van der Waals surface area contributed by atoms with E-state index in [0.717, 1.165) is 22.7 Å². The number of allylic oxidation sites excluding steroid dienone is 1. The summed E-state index contributed by atoms with van der Waals surface area (Å²) in [6.45, 7) is 0. The van der Waals surface area contributed by atoms with Crippen molar-refractivity contribution in [2.45, 2.75) is 6.42 Å². The zero-order valence-corrected chi connectivity index (χ0v) is 10.5. The first-order valence-electron chi connectivity index (χ1n) is 5.49. The maximum atomic E-state index is 5.91. The van der Waals surface area contributed by atoms with Crippen molar-refractivity contribution in [3.05, 3.63) is 36.0 Å². The van der Waals surface area contributed by atoms with Crippen LogP contribution in [-0.4, -0.2) is 23.8 Å². The predicted octanol–water partition coefficient (Wildman–Crippen LogP) is 2.89. The van der Waals surface area contributed by atoms with Crippen molar-refractivity contribution in [2.24, 2.45) is 15.0 Å². The van der Waals surface area contributed by atoms with Crippen LogP contribution in [0.3, 0.4) is 0 Å². The third-order valence-electron chi connectivity index (χ3n) is 2.79. The third kappa shape index (κ3) is 1.95. The predicted molar refractivity (Wildman–Crippen MR) is 73.7 cm³/mol. The van der Waals surface area contributed by atoms with Crippen LogP contribution < -0.4 is 4.74 Å². The molecule has 0 spiro atoms. The molecule has 0 N–H and O–H groups in total. The minimum atomic E-state index is 0.388. The van der Waals surface area contributed by atoms with Crippen LogP contribution in [0.1, 0.15) is 5.56 Å². The van der Waals surface area contributed by atoms with Gasteiger partial charge in [0.05, 0.1) is 18.5 Å². The number of amidine groups is 1. The average molecular weight is 260 g/mol. The van der Waals surface area contributed by atoms with Gasteiger partial charge in [-0.1, -0.05) is 17.7 Å². The normalized spacial score (nSPS) is 16.9. The lowest BCUT2D eigenvalue weighted by Crippen LogP contribution is -2.18. The number of hydrogen-bond donors (Lipinski definition) is 0. The van der Waals surface area contributed by atoms with Gasteiger partial charge in [0.2, 0.25) is 0 Å². The van der Waals surface area contributed by atoms with Crippen LogP contribution >= 0.6 is 11.6 Å². The van der Waals surface area contributed by atoms with E-state index in [2.05, 4.69) is 15.0 Å². The molecule has 2 aliphatic heterocycles. The largest absolute Gasteiger partial charge is 0.497 e. The van der Waals surface area contributed by atoms with Gasteiger partial charge in [0, 0.05) is 18.7 Å². The first-order valence-corrected chi connectivity index (χ1v) is 5.87. The van der Waals surface area contributed by atoms with E-state index in [1.807, 2.05) is 18.2 Å². The van der Waals surface area contributed by atoms with E-state index in [-0.39, 0.29) is 0 Å². The molecule has 0 saturated carbocycles. The zero-order chi connectivity index (χ0) is 12.5. The van der Waals surface area contributed by atoms with Crippen LogP contribution in [0.2, 0.25) is 0 Å². The molecule has 0 aromatic heterocycles. The van der Waals surface area contributed by atoms with E-state index >= 15 is 0 Å². The fraction of sp³-hybridized carbons (Fsp3) is 0.154. The number of fused-ring (bicyclic) bond motifs is 2. The average Bonchev–Trinajstić information content (AvgIpc) is 2.55. The second-order valence-corrected chi connectivity index (χ2v) is 4.32. The van der Waals surface area contributed by atoms with E-state index in [4.69, 9.17) is 16.3 Å². The van der Waals surface area contributed by atoms with Crippen LogP contribution in [0.5, 0.6) is 5.75 Å². The summed E-state index contributed by atoms with van der Waals surface area (Å²) in [5.41, 5.74) is 2.80.